The molecule has 0 radical (unpaired) electrons. The molecule has 9 heterocycles. The van der Waals surface area contributed by atoms with Crippen LogP contribution in [0, 0.1) is 17.5 Å². The van der Waals surface area contributed by atoms with E-state index in [9.17, 15) is 54.6 Å². The zero-order valence-electron chi connectivity index (χ0n) is 47.4. The number of hydrogen-bond donors (Lipinski definition) is 3. The van der Waals surface area contributed by atoms with Crippen LogP contribution < -0.4 is 45.3 Å². The topological polar surface area (TPSA) is 237 Å². The van der Waals surface area contributed by atoms with Crippen LogP contribution in [0.4, 0.5) is 61.7 Å². The number of anilines is 6. The number of thiophene rings is 3. The number of nitrogens with one attached hydrogen (secondary N) is 3. The lowest BCUT2D eigenvalue weighted by atomic mass is 10.2. The molecule has 33 heteroatoms. The number of halogens is 6. The van der Waals surface area contributed by atoms with E-state index in [4.69, 9.17) is 49.0 Å². The van der Waals surface area contributed by atoms with E-state index in [2.05, 4.69) is 16.0 Å². The molecule has 6 aromatic rings. The molecule has 6 fully saturated rings. The van der Waals surface area contributed by atoms with Crippen LogP contribution in [0.3, 0.4) is 0 Å². The lowest BCUT2D eigenvalue weighted by Gasteiger charge is -2.29. The minimum absolute atomic E-state index is 0.0162. The number of ether oxygens (including phenoxy) is 3. The summed E-state index contributed by atoms with van der Waals surface area (Å²) in [5, 5.41) is 8.15. The van der Waals surface area contributed by atoms with Gasteiger partial charge in [-0.2, -0.15) is 11.8 Å². The summed E-state index contributed by atoms with van der Waals surface area (Å²) in [4.78, 5) is 84.1. The summed E-state index contributed by atoms with van der Waals surface area (Å²) >= 11 is 22.8. The minimum Gasteiger partial charge on any atom is -0.442 e. The molecule has 480 valence electrons. The van der Waals surface area contributed by atoms with Crippen LogP contribution in [-0.4, -0.2) is 180 Å². The van der Waals surface area contributed by atoms with Crippen molar-refractivity contribution in [1.82, 2.24) is 16.0 Å². The van der Waals surface area contributed by atoms with Gasteiger partial charge in [-0.05, 0) is 91.0 Å². The molecule has 12 rings (SSSR count). The third-order valence-corrected chi connectivity index (χ3v) is 22.3. The summed E-state index contributed by atoms with van der Waals surface area (Å²) in [6.07, 6.45) is -3.41. The Hall–Kier alpha value is -6.51. The van der Waals surface area contributed by atoms with Crippen LogP contribution >= 0.6 is 80.6 Å². The molecule has 6 aliphatic rings. The highest BCUT2D eigenvalue weighted by Crippen LogP contribution is 2.33. The largest absolute Gasteiger partial charge is 0.442 e. The van der Waals surface area contributed by atoms with Crippen molar-refractivity contribution in [3.05, 3.63) is 136 Å². The van der Waals surface area contributed by atoms with E-state index < -0.39 is 68.9 Å². The molecule has 3 atom stereocenters. The summed E-state index contributed by atoms with van der Waals surface area (Å²) < 4.78 is 96.2. The van der Waals surface area contributed by atoms with Crippen molar-refractivity contribution in [3.8, 4) is 0 Å². The summed E-state index contributed by atoms with van der Waals surface area (Å²) in [5.41, 5.74) is 2.45. The summed E-state index contributed by atoms with van der Waals surface area (Å²) in [5.74, 6) is 0.736. The maximum absolute atomic E-state index is 14.7. The number of cyclic esters (lactones) is 3. The number of carbonyl (C=O) groups excluding carboxylic acids is 6. The van der Waals surface area contributed by atoms with Gasteiger partial charge < -0.3 is 44.9 Å². The van der Waals surface area contributed by atoms with Crippen LogP contribution in [0.15, 0.2) is 91.0 Å². The molecule has 6 amide bonds. The number of carbonyl (C=O) groups is 6. The average Bonchev–Trinajstić information content (AvgIpc) is 1.94. The van der Waals surface area contributed by atoms with Gasteiger partial charge >= 0.3 is 18.3 Å². The van der Waals surface area contributed by atoms with Crippen LogP contribution in [0.5, 0.6) is 0 Å². The number of benzene rings is 3. The number of rotatable bonds is 15. The zero-order chi connectivity index (χ0) is 63.8. The van der Waals surface area contributed by atoms with Crippen molar-refractivity contribution in [3.63, 3.8) is 0 Å². The SMILES string of the molecule is O=C(NC[C@H]1CN(c2ccc(N3CCS(=O)(=O)CC3)c(F)c2)C(=O)O1)c1ccc(Cl)s1.O=C(NC[C@H]1CN(c2ccc(N3CCS(=O)CC3)c(F)c2)C(=O)O1)c1ccc(Cl)s1.O=C(NC[C@H]1CN(c2ccc(N3CCSCC3)c(F)c2)C(=O)O1)c1ccc(Cl)s1. The maximum Gasteiger partial charge on any atom is 0.414 e. The molecule has 0 aliphatic carbocycles. The van der Waals surface area contributed by atoms with Crippen molar-refractivity contribution in [1.29, 1.82) is 0 Å². The van der Waals surface area contributed by atoms with E-state index in [1.165, 1.54) is 50.3 Å². The fourth-order valence-electron chi connectivity index (χ4n) is 10.1. The first-order valence-corrected chi connectivity index (χ1v) is 36.0. The van der Waals surface area contributed by atoms with Crippen molar-refractivity contribution in [2.24, 2.45) is 0 Å². The smallest absolute Gasteiger partial charge is 0.414 e. The highest BCUT2D eigenvalue weighted by atomic mass is 35.5. The van der Waals surface area contributed by atoms with Crippen LogP contribution in [0.2, 0.25) is 13.0 Å². The van der Waals surface area contributed by atoms with Crippen LogP contribution in [-0.2, 0) is 34.8 Å². The third kappa shape index (κ3) is 16.9. The van der Waals surface area contributed by atoms with Gasteiger partial charge in [-0.25, -0.2) is 36.0 Å². The minimum atomic E-state index is -3.07. The zero-order valence-corrected chi connectivity index (χ0v) is 54.6. The standard InChI is InChI=1S/C19H19ClFN3O5S2.C19H19ClFN3O4S2.C19H19ClFN3O3S2/c20-17-4-3-16(30-17)18(25)22-10-13-11-24(19(26)29-13)12-1-2-15(14(21)9-12)23-5-7-31(27,28)8-6-23;20-17-4-3-16(29-17)18(25)22-10-13-11-24(19(26)28-13)12-1-2-15(14(21)9-12)23-5-7-30(27)8-6-23;20-17-4-3-16(29-17)18(25)22-10-13-11-24(19(26)27-13)12-1-2-15(14(21)9-12)23-5-7-28-8-6-23/h1-4,9,13H,5-8,10-11H2,(H,22,25);1-4,9,13H,5-8,10-11H2,(H,22,25);1-4,9,13H,5-8,10-11H2,(H,22,25)/t3*13-/m000/s1. The summed E-state index contributed by atoms with van der Waals surface area (Å²) in [6.45, 7) is 4.15. The van der Waals surface area contributed by atoms with Gasteiger partial charge in [-0.15, -0.1) is 34.0 Å². The quantitative estimate of drug-likeness (QED) is 0.0812. The molecule has 0 saturated carbocycles. The first-order chi connectivity index (χ1) is 43.1. The number of thioether (sulfide) groups is 1. The van der Waals surface area contributed by atoms with E-state index >= 15 is 0 Å². The first kappa shape index (κ1) is 66.4. The predicted molar refractivity (Wildman–Crippen MR) is 348 cm³/mol. The second kappa shape index (κ2) is 29.8. The molecule has 21 nitrogen and oxygen atoms in total. The van der Waals surface area contributed by atoms with Crippen molar-refractivity contribution in [2.75, 3.05) is 142 Å². The van der Waals surface area contributed by atoms with Gasteiger partial charge in [0.1, 0.15) is 35.8 Å². The number of nitrogens with zero attached hydrogens (tertiary/aromatic N) is 6. The normalized spacial score (nSPS) is 19.9. The lowest BCUT2D eigenvalue weighted by Crippen LogP contribution is -2.40. The molecule has 6 aliphatic heterocycles. The monoisotopic (exact) mass is 1410 g/mol. The van der Waals surface area contributed by atoms with Gasteiger partial charge in [-0.1, -0.05) is 34.8 Å². The van der Waals surface area contributed by atoms with Gasteiger partial charge in [0.05, 0.1) is 113 Å². The highest BCUT2D eigenvalue weighted by molar-refractivity contribution is 7.99. The Labute approximate surface area is 549 Å². The molecular formula is C57H57Cl3F3N9O12S6. The highest BCUT2D eigenvalue weighted by Gasteiger charge is 2.37. The van der Waals surface area contributed by atoms with Crippen molar-refractivity contribution >= 4 is 171 Å². The van der Waals surface area contributed by atoms with E-state index in [1.54, 1.807) is 71.6 Å². The molecule has 0 bridgehead atoms. The van der Waals surface area contributed by atoms with E-state index in [0.717, 1.165) is 47.3 Å². The second-order valence-corrected chi connectivity index (χ2v) is 31.1. The second-order valence-electron chi connectivity index (χ2n) is 20.8. The van der Waals surface area contributed by atoms with Gasteiger partial charge in [0, 0.05) is 73.1 Å². The maximum atomic E-state index is 14.7. The predicted octanol–water partition coefficient (Wildman–Crippen LogP) is 9.24. The fourth-order valence-corrected chi connectivity index (χ4v) is 16.1. The molecule has 3 N–H and O–H groups in total. The Bertz CT molecular complexity index is 3780. The Morgan fingerprint density at radius 1 is 0.500 bits per heavy atom. The number of hydrogen-bond acceptors (Lipinski definition) is 19. The summed E-state index contributed by atoms with van der Waals surface area (Å²) in [6, 6.07) is 23.6. The van der Waals surface area contributed by atoms with E-state index in [-0.39, 0.29) is 87.4 Å². The van der Waals surface area contributed by atoms with Gasteiger partial charge in [-0.3, -0.25) is 33.3 Å². The Balaban J connectivity index is 0.000000149. The molecule has 3 aromatic heterocycles. The van der Waals surface area contributed by atoms with Crippen molar-refractivity contribution < 1.29 is 68.8 Å². The van der Waals surface area contributed by atoms with Crippen LogP contribution in [0.1, 0.15) is 29.0 Å². The van der Waals surface area contributed by atoms with E-state index in [1.807, 2.05) is 21.6 Å². The summed E-state index contributed by atoms with van der Waals surface area (Å²) in [7, 11) is -3.91. The molecule has 3 aromatic carbocycles. The molecule has 0 spiro atoms. The van der Waals surface area contributed by atoms with Gasteiger partial charge in [0.15, 0.2) is 9.84 Å². The Morgan fingerprint density at radius 3 is 1.13 bits per heavy atom. The molecule has 6 saturated heterocycles. The number of amides is 6. The molecular weight excluding hydrogens is 1360 g/mol. The number of sulfone groups is 1. The molecule has 0 unspecified atom stereocenters. The van der Waals surface area contributed by atoms with Gasteiger partial charge in [0.2, 0.25) is 0 Å². The van der Waals surface area contributed by atoms with Gasteiger partial charge in [0.25, 0.3) is 17.7 Å². The Morgan fingerprint density at radius 2 is 0.822 bits per heavy atom. The lowest BCUT2D eigenvalue weighted by molar-refractivity contribution is 0.0915. The van der Waals surface area contributed by atoms with E-state index in [0.29, 0.717) is 86.4 Å². The van der Waals surface area contributed by atoms with Crippen molar-refractivity contribution in [2.45, 2.75) is 18.3 Å². The molecule has 90 heavy (non-hydrogen) atoms. The van der Waals surface area contributed by atoms with Crippen LogP contribution in [0.25, 0.3) is 0 Å². The Kier molecular flexibility index (Phi) is 22.0. The third-order valence-electron chi connectivity index (χ3n) is 14.8. The first-order valence-electron chi connectivity index (χ1n) is 27.9. The fraction of sp³-hybridized carbons (Fsp3) is 0.368. The average molecular weight is 1420 g/mol.